The van der Waals surface area contributed by atoms with Crippen molar-refractivity contribution in [3.05, 3.63) is 11.1 Å². The van der Waals surface area contributed by atoms with Crippen LogP contribution in [0.25, 0.3) is 11.0 Å². The number of hydrogen-bond acceptors (Lipinski definition) is 4. The van der Waals surface area contributed by atoms with Crippen molar-refractivity contribution in [1.29, 1.82) is 0 Å². The van der Waals surface area contributed by atoms with Crippen LogP contribution in [0, 0.1) is 0 Å². The molecular formula is C12H20N6O+2. The number of likely N-dealkylation sites (N-methyl/N-ethyl adjacent to an activating group) is 1. The Kier molecular flexibility index (Phi) is 3.00. The molecule has 7 nitrogen and oxygen atoms in total. The van der Waals surface area contributed by atoms with Crippen molar-refractivity contribution in [2.45, 2.75) is 13.0 Å². The van der Waals surface area contributed by atoms with Crippen LogP contribution in [0.3, 0.4) is 0 Å². The van der Waals surface area contributed by atoms with Crippen molar-refractivity contribution in [2.75, 3.05) is 37.8 Å². The van der Waals surface area contributed by atoms with Crippen LogP contribution in [0.2, 0.25) is 0 Å². The van der Waals surface area contributed by atoms with Crippen LogP contribution >= 0.6 is 0 Å². The summed E-state index contributed by atoms with van der Waals surface area (Å²) in [5.41, 5.74) is 9.27. The Morgan fingerprint density at radius 1 is 1.53 bits per heavy atom. The molecule has 2 aromatic heterocycles. The lowest BCUT2D eigenvalue weighted by molar-refractivity contribution is -0.895. The number of pyridine rings is 1. The fraction of sp³-hybridized carbons (Fsp3) is 0.500. The fourth-order valence-electron chi connectivity index (χ4n) is 2.78. The number of nitrogen functional groups attached to an aromatic ring is 1. The number of fused-ring (bicyclic) bond motifs is 3. The van der Waals surface area contributed by atoms with E-state index in [1.54, 1.807) is 0 Å². The lowest BCUT2D eigenvalue weighted by Gasteiger charge is -2.23. The predicted molar refractivity (Wildman–Crippen MR) is 71.8 cm³/mol. The smallest absolute Gasteiger partial charge is 0.295 e. The summed E-state index contributed by atoms with van der Waals surface area (Å²) in [6.45, 7) is 2.66. The summed E-state index contributed by atoms with van der Waals surface area (Å²) in [6, 6.07) is 0. The number of aromatic amines is 2. The normalized spacial score (nSPS) is 18.5. The number of nitrogens with two attached hydrogens (primary N) is 1. The molecule has 1 aliphatic rings. The average Bonchev–Trinajstić information content (AvgIpc) is 2.77. The zero-order valence-electron chi connectivity index (χ0n) is 11.0. The van der Waals surface area contributed by atoms with Gasteiger partial charge in [-0.1, -0.05) is 0 Å². The molecule has 19 heavy (non-hydrogen) atoms. The minimum Gasteiger partial charge on any atom is -0.393 e. The maximum Gasteiger partial charge on any atom is 0.295 e. The number of aliphatic hydroxyl groups is 1. The highest BCUT2D eigenvalue weighted by molar-refractivity contribution is 5.89. The molecule has 0 aliphatic carbocycles. The van der Waals surface area contributed by atoms with Gasteiger partial charge in [0.1, 0.15) is 12.4 Å². The predicted octanol–water partition coefficient (Wildman–Crippen LogP) is -2.07. The van der Waals surface area contributed by atoms with Crippen LogP contribution in [0.4, 0.5) is 11.6 Å². The molecule has 1 atom stereocenters. The Labute approximate surface area is 110 Å². The number of nitrogens with zero attached hydrogens (tertiary/aromatic N) is 1. The average molecular weight is 264 g/mol. The molecule has 0 fully saturated rings. The van der Waals surface area contributed by atoms with Gasteiger partial charge in [0, 0.05) is 6.42 Å². The van der Waals surface area contributed by atoms with Crippen molar-refractivity contribution in [2.24, 2.45) is 0 Å². The Morgan fingerprint density at radius 3 is 3.16 bits per heavy atom. The molecule has 1 aliphatic heterocycles. The number of rotatable bonds is 3. The van der Waals surface area contributed by atoms with Crippen molar-refractivity contribution in [1.82, 2.24) is 10.2 Å². The zero-order valence-corrected chi connectivity index (χ0v) is 11.0. The van der Waals surface area contributed by atoms with Gasteiger partial charge in [-0.25, -0.2) is 4.98 Å². The van der Waals surface area contributed by atoms with Gasteiger partial charge in [-0.3, -0.25) is 0 Å². The largest absolute Gasteiger partial charge is 0.393 e. The van der Waals surface area contributed by atoms with E-state index >= 15 is 0 Å². The summed E-state index contributed by atoms with van der Waals surface area (Å²) in [6.07, 6.45) is 0.990. The molecule has 1 unspecified atom stereocenters. The number of nitrogens with one attached hydrogen (secondary N) is 4. The molecule has 0 amide bonds. The third-order valence-corrected chi connectivity index (χ3v) is 3.70. The van der Waals surface area contributed by atoms with E-state index in [0.717, 1.165) is 36.4 Å². The molecule has 0 aromatic carbocycles. The highest BCUT2D eigenvalue weighted by Gasteiger charge is 2.28. The van der Waals surface area contributed by atoms with E-state index < -0.39 is 0 Å². The fourth-order valence-corrected chi connectivity index (χ4v) is 2.78. The van der Waals surface area contributed by atoms with Gasteiger partial charge in [0.2, 0.25) is 5.82 Å². The Balaban J connectivity index is 2.17. The second-order valence-electron chi connectivity index (χ2n) is 5.10. The summed E-state index contributed by atoms with van der Waals surface area (Å²) < 4.78 is 0. The minimum absolute atomic E-state index is 0.103. The summed E-state index contributed by atoms with van der Waals surface area (Å²) in [4.78, 5) is 4.74. The van der Waals surface area contributed by atoms with Crippen molar-refractivity contribution < 1.29 is 15.0 Å². The molecule has 7 N–H and O–H groups in total. The standard InChI is InChI=1S/C12H18N6O/c1-18-4-2-7-8(6-18)11(14-3-5-19)15-12-9(7)10(13)16-17-12/h19H,2-6H2,1H3,(H4,13,14,15,16,17)/p+2. The summed E-state index contributed by atoms with van der Waals surface area (Å²) >= 11 is 0. The minimum atomic E-state index is 0.103. The first-order valence-corrected chi connectivity index (χ1v) is 6.57. The van der Waals surface area contributed by atoms with Gasteiger partial charge in [0.05, 0.1) is 37.7 Å². The van der Waals surface area contributed by atoms with E-state index in [9.17, 15) is 0 Å². The van der Waals surface area contributed by atoms with Gasteiger partial charge in [0.25, 0.3) is 5.65 Å². The zero-order chi connectivity index (χ0) is 13.4. The van der Waals surface area contributed by atoms with Gasteiger partial charge in [-0.2, -0.15) is 5.10 Å². The number of anilines is 2. The summed E-state index contributed by atoms with van der Waals surface area (Å²) in [5.74, 6) is 1.57. The molecule has 7 heteroatoms. The molecule has 0 saturated carbocycles. The van der Waals surface area contributed by atoms with Crippen LogP contribution in [-0.2, 0) is 13.0 Å². The van der Waals surface area contributed by atoms with E-state index in [1.165, 1.54) is 16.0 Å². The second-order valence-corrected chi connectivity index (χ2v) is 5.10. The van der Waals surface area contributed by atoms with Crippen molar-refractivity contribution in [3.63, 3.8) is 0 Å². The quantitative estimate of drug-likeness (QED) is 0.439. The molecular weight excluding hydrogens is 244 g/mol. The maximum absolute atomic E-state index is 8.98. The molecule has 0 bridgehead atoms. The maximum atomic E-state index is 8.98. The van der Waals surface area contributed by atoms with E-state index in [0.29, 0.717) is 12.4 Å². The van der Waals surface area contributed by atoms with Gasteiger partial charge < -0.3 is 21.1 Å². The Hall–Kier alpha value is -1.86. The molecule has 3 rings (SSSR count). The number of aliphatic hydroxyl groups excluding tert-OH is 1. The summed E-state index contributed by atoms with van der Waals surface area (Å²) in [5, 5.41) is 20.3. The van der Waals surface area contributed by atoms with E-state index in [-0.39, 0.29) is 6.61 Å². The van der Waals surface area contributed by atoms with Crippen molar-refractivity contribution in [3.8, 4) is 0 Å². The lowest BCUT2D eigenvalue weighted by atomic mass is 9.98. The molecule has 3 heterocycles. The number of quaternary nitrogens is 1. The monoisotopic (exact) mass is 264 g/mol. The van der Waals surface area contributed by atoms with Crippen LogP contribution in [0.1, 0.15) is 11.1 Å². The van der Waals surface area contributed by atoms with Gasteiger partial charge in [-0.05, 0) is 10.7 Å². The van der Waals surface area contributed by atoms with Gasteiger partial charge in [0.15, 0.2) is 0 Å². The van der Waals surface area contributed by atoms with Crippen LogP contribution in [-0.4, -0.2) is 42.0 Å². The van der Waals surface area contributed by atoms with Gasteiger partial charge >= 0.3 is 0 Å². The first-order chi connectivity index (χ1) is 9.20. The third-order valence-electron chi connectivity index (χ3n) is 3.70. The van der Waals surface area contributed by atoms with E-state index in [2.05, 4.69) is 27.5 Å². The number of H-pyrrole nitrogens is 2. The Bertz CT molecular complexity index is 608. The molecule has 2 aromatic rings. The van der Waals surface area contributed by atoms with Gasteiger partial charge in [-0.15, -0.1) is 0 Å². The number of aromatic nitrogens is 3. The highest BCUT2D eigenvalue weighted by Crippen LogP contribution is 2.27. The topological polar surface area (TPSA) is 106 Å². The lowest BCUT2D eigenvalue weighted by Crippen LogP contribution is -3.08. The first-order valence-electron chi connectivity index (χ1n) is 6.57. The SMILES string of the molecule is C[NH+]1CCc2c(c(NCCO)[nH+]c3n[nH]c(N)c23)C1. The van der Waals surface area contributed by atoms with Crippen LogP contribution in [0.15, 0.2) is 0 Å². The van der Waals surface area contributed by atoms with E-state index in [1.807, 2.05) is 0 Å². The second kappa shape index (κ2) is 4.67. The first kappa shape index (κ1) is 12.2. The van der Waals surface area contributed by atoms with E-state index in [4.69, 9.17) is 10.8 Å². The van der Waals surface area contributed by atoms with Crippen LogP contribution in [0.5, 0.6) is 0 Å². The third kappa shape index (κ3) is 2.00. The molecule has 0 spiro atoms. The highest BCUT2D eigenvalue weighted by atomic mass is 16.3. The summed E-state index contributed by atoms with van der Waals surface area (Å²) in [7, 11) is 2.18. The number of hydrogen-bond donors (Lipinski definition) is 5. The molecule has 0 saturated heterocycles. The van der Waals surface area contributed by atoms with Crippen molar-refractivity contribution >= 4 is 22.7 Å². The molecule has 102 valence electrons. The molecule has 0 radical (unpaired) electrons. The van der Waals surface area contributed by atoms with Crippen LogP contribution < -0.4 is 20.9 Å². The Morgan fingerprint density at radius 2 is 2.37 bits per heavy atom.